The van der Waals surface area contributed by atoms with Crippen LogP contribution in [0.15, 0.2) is 35.0 Å². The zero-order valence-corrected chi connectivity index (χ0v) is 13.3. The number of nitrogens with zero attached hydrogens (tertiary/aromatic N) is 2. The molecule has 1 amide bonds. The van der Waals surface area contributed by atoms with E-state index >= 15 is 0 Å². The molecule has 0 aliphatic carbocycles. The topological polar surface area (TPSA) is 54.9 Å². The number of thiazole rings is 2. The third-order valence-electron chi connectivity index (χ3n) is 2.90. The van der Waals surface area contributed by atoms with Crippen LogP contribution in [0.4, 0.5) is 9.52 Å². The summed E-state index contributed by atoms with van der Waals surface area (Å²) in [5, 5.41) is 7.93. The highest BCUT2D eigenvalue weighted by Crippen LogP contribution is 2.25. The third kappa shape index (κ3) is 3.55. The molecule has 0 radical (unpaired) electrons. The van der Waals surface area contributed by atoms with Gasteiger partial charge in [-0.1, -0.05) is 0 Å². The molecule has 0 aliphatic heterocycles. The lowest BCUT2D eigenvalue weighted by molar-refractivity contribution is -0.115. The number of benzene rings is 1. The molecule has 2 aromatic heterocycles. The Balaban J connectivity index is 1.66. The summed E-state index contributed by atoms with van der Waals surface area (Å²) in [7, 11) is 0. The van der Waals surface area contributed by atoms with Crippen LogP contribution < -0.4 is 5.32 Å². The van der Waals surface area contributed by atoms with Crippen LogP contribution in [0.25, 0.3) is 11.3 Å². The average molecular weight is 333 g/mol. The highest BCUT2D eigenvalue weighted by molar-refractivity contribution is 7.14. The quantitative estimate of drug-likeness (QED) is 0.788. The summed E-state index contributed by atoms with van der Waals surface area (Å²) < 4.78 is 12.9. The number of carbonyl (C=O) groups excluding carboxylic acids is 1. The van der Waals surface area contributed by atoms with Gasteiger partial charge in [-0.05, 0) is 31.2 Å². The molecule has 0 saturated heterocycles. The predicted octanol–water partition coefficient (Wildman–Crippen LogP) is 3.90. The Morgan fingerprint density at radius 1 is 1.18 bits per heavy atom. The highest BCUT2D eigenvalue weighted by atomic mass is 32.1. The molecule has 1 N–H and O–H groups in total. The third-order valence-corrected chi connectivity index (χ3v) is 4.48. The van der Waals surface area contributed by atoms with Gasteiger partial charge < -0.3 is 5.32 Å². The molecule has 3 rings (SSSR count). The number of hydrogen-bond donors (Lipinski definition) is 1. The fourth-order valence-corrected chi connectivity index (χ4v) is 3.25. The summed E-state index contributed by atoms with van der Waals surface area (Å²) >= 11 is 2.86. The van der Waals surface area contributed by atoms with Crippen LogP contribution in [0.5, 0.6) is 0 Å². The Bertz CT molecular complexity index is 795. The molecule has 2 heterocycles. The maximum absolute atomic E-state index is 12.9. The number of hydrogen-bond acceptors (Lipinski definition) is 5. The van der Waals surface area contributed by atoms with Gasteiger partial charge in [0, 0.05) is 16.3 Å². The van der Waals surface area contributed by atoms with Crippen molar-refractivity contribution in [3.8, 4) is 11.3 Å². The van der Waals surface area contributed by atoms with Crippen molar-refractivity contribution in [1.29, 1.82) is 0 Å². The molecule has 7 heteroatoms. The molecule has 3 aromatic rings. The number of amides is 1. The zero-order valence-electron chi connectivity index (χ0n) is 11.7. The first-order valence-electron chi connectivity index (χ1n) is 6.52. The molecule has 0 fully saturated rings. The molecule has 0 aliphatic rings. The second kappa shape index (κ2) is 6.33. The van der Waals surface area contributed by atoms with Crippen molar-refractivity contribution in [3.63, 3.8) is 0 Å². The van der Waals surface area contributed by atoms with E-state index in [1.54, 1.807) is 12.1 Å². The first-order chi connectivity index (χ1) is 10.6. The first-order valence-corrected chi connectivity index (χ1v) is 8.28. The number of rotatable bonds is 4. The minimum Gasteiger partial charge on any atom is -0.302 e. The van der Waals surface area contributed by atoms with Gasteiger partial charge in [0.05, 0.1) is 22.8 Å². The Kier molecular flexibility index (Phi) is 4.26. The predicted molar refractivity (Wildman–Crippen MR) is 86.7 cm³/mol. The number of nitrogens with one attached hydrogen (secondary N) is 1. The molecule has 112 valence electrons. The van der Waals surface area contributed by atoms with Crippen LogP contribution in [-0.2, 0) is 11.2 Å². The normalized spacial score (nSPS) is 10.6. The van der Waals surface area contributed by atoms with E-state index in [-0.39, 0.29) is 18.1 Å². The minimum absolute atomic E-state index is 0.148. The molecule has 0 unspecified atom stereocenters. The lowest BCUT2D eigenvalue weighted by atomic mass is 10.2. The molecule has 0 spiro atoms. The van der Waals surface area contributed by atoms with Gasteiger partial charge in [0.15, 0.2) is 5.13 Å². The molecule has 0 bridgehead atoms. The van der Waals surface area contributed by atoms with Gasteiger partial charge in [0.2, 0.25) is 5.91 Å². The second-order valence-electron chi connectivity index (χ2n) is 4.63. The molecular formula is C15H12FN3OS2. The summed E-state index contributed by atoms with van der Waals surface area (Å²) in [6.45, 7) is 1.90. The minimum atomic E-state index is -0.286. The van der Waals surface area contributed by atoms with Gasteiger partial charge in [-0.3, -0.25) is 4.79 Å². The van der Waals surface area contributed by atoms with E-state index in [1.807, 2.05) is 17.7 Å². The summed E-state index contributed by atoms with van der Waals surface area (Å²) in [5.74, 6) is -0.434. The van der Waals surface area contributed by atoms with E-state index in [1.165, 1.54) is 34.8 Å². The van der Waals surface area contributed by atoms with Crippen LogP contribution in [0, 0.1) is 12.7 Å². The number of carbonyl (C=O) groups is 1. The van der Waals surface area contributed by atoms with E-state index in [0.717, 1.165) is 16.3 Å². The number of anilines is 1. The Morgan fingerprint density at radius 3 is 2.64 bits per heavy atom. The van der Waals surface area contributed by atoms with Crippen LogP contribution in [0.3, 0.4) is 0 Å². The van der Waals surface area contributed by atoms with Crippen LogP contribution >= 0.6 is 22.7 Å². The van der Waals surface area contributed by atoms with Crippen molar-refractivity contribution in [3.05, 3.63) is 51.5 Å². The summed E-state index contributed by atoms with van der Waals surface area (Å²) in [5.41, 5.74) is 2.29. The summed E-state index contributed by atoms with van der Waals surface area (Å²) in [4.78, 5) is 20.6. The molecular weight excluding hydrogens is 321 g/mol. The van der Waals surface area contributed by atoms with Gasteiger partial charge in [-0.2, -0.15) is 0 Å². The largest absolute Gasteiger partial charge is 0.302 e. The Morgan fingerprint density at radius 2 is 1.95 bits per heavy atom. The Labute approximate surface area is 134 Å². The van der Waals surface area contributed by atoms with E-state index in [0.29, 0.717) is 10.8 Å². The molecule has 22 heavy (non-hydrogen) atoms. The van der Waals surface area contributed by atoms with Crippen LogP contribution in [0.2, 0.25) is 0 Å². The smallest absolute Gasteiger partial charge is 0.232 e. The lowest BCUT2D eigenvalue weighted by Crippen LogP contribution is -2.14. The SMILES string of the molecule is Cc1nc(CC(=O)Nc2nc(-c3ccc(F)cc3)cs2)cs1. The number of aromatic nitrogens is 2. The summed E-state index contributed by atoms with van der Waals surface area (Å²) in [6, 6.07) is 6.09. The van der Waals surface area contributed by atoms with E-state index in [4.69, 9.17) is 0 Å². The van der Waals surface area contributed by atoms with Crippen molar-refractivity contribution < 1.29 is 9.18 Å². The fraction of sp³-hybridized carbons (Fsp3) is 0.133. The van der Waals surface area contributed by atoms with Crippen molar-refractivity contribution in [2.45, 2.75) is 13.3 Å². The standard InChI is InChI=1S/C15H12FN3OS2/c1-9-17-12(7-21-9)6-14(20)19-15-18-13(8-22-15)10-2-4-11(16)5-3-10/h2-5,7-8H,6H2,1H3,(H,18,19,20). The van der Waals surface area contributed by atoms with Gasteiger partial charge in [0.1, 0.15) is 5.82 Å². The lowest BCUT2D eigenvalue weighted by Gasteiger charge is -1.99. The van der Waals surface area contributed by atoms with E-state index < -0.39 is 0 Å². The maximum Gasteiger partial charge on any atom is 0.232 e. The van der Waals surface area contributed by atoms with E-state index in [2.05, 4.69) is 15.3 Å². The Hall–Kier alpha value is -2.12. The van der Waals surface area contributed by atoms with Crippen molar-refractivity contribution in [1.82, 2.24) is 9.97 Å². The van der Waals surface area contributed by atoms with Gasteiger partial charge >= 0.3 is 0 Å². The van der Waals surface area contributed by atoms with Gasteiger partial charge in [-0.25, -0.2) is 14.4 Å². The van der Waals surface area contributed by atoms with Gasteiger partial charge in [0.25, 0.3) is 0 Å². The van der Waals surface area contributed by atoms with Crippen LogP contribution in [-0.4, -0.2) is 15.9 Å². The van der Waals surface area contributed by atoms with Gasteiger partial charge in [-0.15, -0.1) is 22.7 Å². The first kappa shape index (κ1) is 14.8. The molecule has 0 saturated carbocycles. The maximum atomic E-state index is 12.9. The number of aryl methyl sites for hydroxylation is 1. The molecule has 1 aromatic carbocycles. The number of halogens is 1. The average Bonchev–Trinajstić information content (AvgIpc) is 3.09. The molecule has 0 atom stereocenters. The summed E-state index contributed by atoms with van der Waals surface area (Å²) in [6.07, 6.45) is 0.232. The monoisotopic (exact) mass is 333 g/mol. The van der Waals surface area contributed by atoms with Crippen LogP contribution in [0.1, 0.15) is 10.7 Å². The van der Waals surface area contributed by atoms with Crippen molar-refractivity contribution >= 4 is 33.7 Å². The second-order valence-corrected chi connectivity index (χ2v) is 6.55. The highest BCUT2D eigenvalue weighted by Gasteiger charge is 2.10. The van der Waals surface area contributed by atoms with Crippen molar-refractivity contribution in [2.24, 2.45) is 0 Å². The van der Waals surface area contributed by atoms with Crippen molar-refractivity contribution in [2.75, 3.05) is 5.32 Å². The molecule has 4 nitrogen and oxygen atoms in total. The fourth-order valence-electron chi connectivity index (χ4n) is 1.90. The van der Waals surface area contributed by atoms with E-state index in [9.17, 15) is 9.18 Å². The zero-order chi connectivity index (χ0) is 15.5.